The lowest BCUT2D eigenvalue weighted by Crippen LogP contribution is -2.07. The molecule has 0 saturated carbocycles. The van der Waals surface area contributed by atoms with Crippen molar-refractivity contribution >= 4 is 40.1 Å². The lowest BCUT2D eigenvalue weighted by molar-refractivity contribution is -0.111. The molecule has 0 aliphatic carbocycles. The Morgan fingerprint density at radius 2 is 2.13 bits per heavy atom. The Morgan fingerprint density at radius 1 is 1.35 bits per heavy atom. The van der Waals surface area contributed by atoms with Gasteiger partial charge in [-0.3, -0.25) is 10.1 Å². The third kappa shape index (κ3) is 4.43. The fraction of sp³-hybridized carbons (Fsp3) is 0.267. The van der Waals surface area contributed by atoms with Gasteiger partial charge < -0.3 is 9.47 Å². The van der Waals surface area contributed by atoms with Crippen molar-refractivity contribution in [2.45, 2.75) is 13.3 Å². The molecule has 2 aromatic rings. The van der Waals surface area contributed by atoms with E-state index in [1.807, 2.05) is 6.92 Å². The Morgan fingerprint density at radius 3 is 2.74 bits per heavy atom. The summed E-state index contributed by atoms with van der Waals surface area (Å²) in [4.78, 5) is 11.9. The zero-order valence-corrected chi connectivity index (χ0v) is 14.5. The standard InChI is InChI=1S/C15H16ClN3O3S/c1-4-13-18-19-15(23-13)17-12(20)6-5-9-7-10(16)14(22-3)11(8-9)21-2/h5-8H,4H2,1-3H3,(H,17,19,20). The van der Waals surface area contributed by atoms with Crippen molar-refractivity contribution in [3.05, 3.63) is 33.8 Å². The molecule has 0 fully saturated rings. The van der Waals surface area contributed by atoms with Gasteiger partial charge in [0.05, 0.1) is 19.2 Å². The Balaban J connectivity index is 2.10. The zero-order valence-electron chi connectivity index (χ0n) is 12.9. The van der Waals surface area contributed by atoms with E-state index in [9.17, 15) is 4.79 Å². The molecule has 0 aliphatic heterocycles. The first-order valence-corrected chi connectivity index (χ1v) is 7.99. The monoisotopic (exact) mass is 353 g/mol. The Bertz CT molecular complexity index is 731. The van der Waals surface area contributed by atoms with Crippen molar-refractivity contribution in [1.82, 2.24) is 10.2 Å². The number of nitrogens with one attached hydrogen (secondary N) is 1. The highest BCUT2D eigenvalue weighted by atomic mass is 35.5. The van der Waals surface area contributed by atoms with Gasteiger partial charge in [-0.1, -0.05) is 29.9 Å². The van der Waals surface area contributed by atoms with E-state index in [4.69, 9.17) is 21.1 Å². The Hall–Kier alpha value is -2.12. The second kappa shape index (κ2) is 7.94. The van der Waals surface area contributed by atoms with Crippen molar-refractivity contribution in [2.24, 2.45) is 0 Å². The summed E-state index contributed by atoms with van der Waals surface area (Å²) in [5.74, 6) is 0.656. The van der Waals surface area contributed by atoms with Crippen molar-refractivity contribution in [2.75, 3.05) is 19.5 Å². The van der Waals surface area contributed by atoms with Crippen LogP contribution < -0.4 is 14.8 Å². The number of aromatic nitrogens is 2. The molecule has 0 saturated heterocycles. The van der Waals surface area contributed by atoms with Crippen molar-refractivity contribution in [3.63, 3.8) is 0 Å². The SMILES string of the molecule is CCc1nnc(NC(=O)C=Cc2cc(Cl)c(OC)c(OC)c2)s1. The highest BCUT2D eigenvalue weighted by molar-refractivity contribution is 7.15. The van der Waals surface area contributed by atoms with Crippen LogP contribution in [0.15, 0.2) is 18.2 Å². The quantitative estimate of drug-likeness (QED) is 0.805. The van der Waals surface area contributed by atoms with Crippen molar-refractivity contribution in [3.8, 4) is 11.5 Å². The fourth-order valence-electron chi connectivity index (χ4n) is 1.80. The van der Waals surface area contributed by atoms with Crippen LogP contribution in [0.1, 0.15) is 17.5 Å². The summed E-state index contributed by atoms with van der Waals surface area (Å²) in [7, 11) is 3.04. The highest BCUT2D eigenvalue weighted by Gasteiger charge is 2.10. The molecular formula is C15H16ClN3O3S. The molecule has 1 aromatic heterocycles. The number of ether oxygens (including phenoxy) is 2. The molecule has 0 radical (unpaired) electrons. The van der Waals surface area contributed by atoms with E-state index in [0.29, 0.717) is 27.2 Å². The van der Waals surface area contributed by atoms with E-state index < -0.39 is 0 Å². The summed E-state index contributed by atoms with van der Waals surface area (Å²) >= 11 is 7.47. The normalized spacial score (nSPS) is 10.8. The number of hydrogen-bond donors (Lipinski definition) is 1. The number of methoxy groups -OCH3 is 2. The molecule has 1 heterocycles. The minimum atomic E-state index is -0.297. The molecule has 0 spiro atoms. The van der Waals surface area contributed by atoms with Crippen molar-refractivity contribution < 1.29 is 14.3 Å². The van der Waals surface area contributed by atoms with Crippen LogP contribution in [-0.4, -0.2) is 30.3 Å². The summed E-state index contributed by atoms with van der Waals surface area (Å²) in [5.41, 5.74) is 0.717. The maximum Gasteiger partial charge on any atom is 0.250 e. The van der Waals surface area contributed by atoms with E-state index in [-0.39, 0.29) is 5.91 Å². The highest BCUT2D eigenvalue weighted by Crippen LogP contribution is 2.36. The number of anilines is 1. The summed E-state index contributed by atoms with van der Waals surface area (Å²) in [6.07, 6.45) is 3.81. The molecule has 122 valence electrons. The number of carbonyl (C=O) groups excluding carboxylic acids is 1. The number of amides is 1. The summed E-state index contributed by atoms with van der Waals surface area (Å²) < 4.78 is 10.4. The summed E-state index contributed by atoms with van der Waals surface area (Å²) in [5, 5.41) is 12.2. The molecular weight excluding hydrogens is 338 g/mol. The van der Waals surface area contributed by atoms with Gasteiger partial charge in [0.25, 0.3) is 0 Å². The molecule has 1 amide bonds. The third-order valence-corrected chi connectivity index (χ3v) is 4.15. The average Bonchev–Trinajstić information content (AvgIpc) is 2.99. The number of halogens is 1. The molecule has 0 bridgehead atoms. The van der Waals surface area contributed by atoms with Gasteiger partial charge in [0.1, 0.15) is 5.01 Å². The number of aryl methyl sites for hydroxylation is 1. The largest absolute Gasteiger partial charge is 0.493 e. The van der Waals surface area contributed by atoms with E-state index >= 15 is 0 Å². The van der Waals surface area contributed by atoms with Crippen LogP contribution in [0.4, 0.5) is 5.13 Å². The van der Waals surface area contributed by atoms with Crippen molar-refractivity contribution in [1.29, 1.82) is 0 Å². The predicted octanol–water partition coefficient (Wildman–Crippen LogP) is 3.42. The minimum absolute atomic E-state index is 0.297. The predicted molar refractivity (Wildman–Crippen MR) is 91.5 cm³/mol. The van der Waals surface area contributed by atoms with Gasteiger partial charge in [-0.15, -0.1) is 10.2 Å². The number of rotatable bonds is 6. The molecule has 1 N–H and O–H groups in total. The van der Waals surface area contributed by atoms with Crippen LogP contribution in [0.5, 0.6) is 11.5 Å². The van der Waals surface area contributed by atoms with Crippen LogP contribution in [0, 0.1) is 0 Å². The van der Waals surface area contributed by atoms with E-state index in [1.165, 1.54) is 31.6 Å². The van der Waals surface area contributed by atoms with Gasteiger partial charge in [-0.25, -0.2) is 0 Å². The van der Waals surface area contributed by atoms with Crippen LogP contribution in [0.3, 0.4) is 0 Å². The molecule has 1 aromatic carbocycles. The fourth-order valence-corrected chi connectivity index (χ4v) is 2.78. The second-order valence-electron chi connectivity index (χ2n) is 4.42. The van der Waals surface area contributed by atoms with Gasteiger partial charge in [-0.05, 0) is 30.2 Å². The van der Waals surface area contributed by atoms with Crippen LogP contribution in [-0.2, 0) is 11.2 Å². The summed E-state index contributed by atoms with van der Waals surface area (Å²) in [6.45, 7) is 1.98. The number of hydrogen-bond acceptors (Lipinski definition) is 6. The maximum absolute atomic E-state index is 11.9. The molecule has 8 heteroatoms. The van der Waals surface area contributed by atoms with Gasteiger partial charge in [0.15, 0.2) is 11.5 Å². The third-order valence-electron chi connectivity index (χ3n) is 2.88. The topological polar surface area (TPSA) is 73.3 Å². The lowest BCUT2D eigenvalue weighted by atomic mass is 10.2. The minimum Gasteiger partial charge on any atom is -0.493 e. The van der Waals surface area contributed by atoms with Gasteiger partial charge in [0, 0.05) is 6.08 Å². The van der Waals surface area contributed by atoms with Crippen LogP contribution >= 0.6 is 22.9 Å². The first-order valence-electron chi connectivity index (χ1n) is 6.80. The molecule has 0 unspecified atom stereocenters. The zero-order chi connectivity index (χ0) is 16.8. The lowest BCUT2D eigenvalue weighted by Gasteiger charge is -2.10. The van der Waals surface area contributed by atoms with E-state index in [2.05, 4.69) is 15.5 Å². The van der Waals surface area contributed by atoms with Gasteiger partial charge in [-0.2, -0.15) is 0 Å². The Labute approximate surface area is 143 Å². The molecule has 23 heavy (non-hydrogen) atoms. The number of benzene rings is 1. The van der Waals surface area contributed by atoms with E-state index in [1.54, 1.807) is 18.2 Å². The number of carbonyl (C=O) groups is 1. The average molecular weight is 354 g/mol. The summed E-state index contributed by atoms with van der Waals surface area (Å²) in [6, 6.07) is 3.42. The Kier molecular flexibility index (Phi) is 5.95. The molecule has 0 aliphatic rings. The van der Waals surface area contributed by atoms with Gasteiger partial charge >= 0.3 is 0 Å². The first-order chi connectivity index (χ1) is 11.1. The molecule has 2 rings (SSSR count). The maximum atomic E-state index is 11.9. The van der Waals surface area contributed by atoms with Gasteiger partial charge in [0.2, 0.25) is 11.0 Å². The second-order valence-corrected chi connectivity index (χ2v) is 5.88. The first kappa shape index (κ1) is 17.2. The van der Waals surface area contributed by atoms with E-state index in [0.717, 1.165) is 11.4 Å². The smallest absolute Gasteiger partial charge is 0.250 e. The number of nitrogens with zero attached hydrogens (tertiary/aromatic N) is 2. The van der Waals surface area contributed by atoms with Crippen LogP contribution in [0.25, 0.3) is 6.08 Å². The van der Waals surface area contributed by atoms with Crippen LogP contribution in [0.2, 0.25) is 5.02 Å². The molecule has 6 nitrogen and oxygen atoms in total. The molecule has 0 atom stereocenters.